The van der Waals surface area contributed by atoms with Gasteiger partial charge in [0.15, 0.2) is 0 Å². The van der Waals surface area contributed by atoms with Crippen LogP contribution < -0.4 is 10.1 Å². The van der Waals surface area contributed by atoms with Crippen LogP contribution in [0.3, 0.4) is 0 Å². The van der Waals surface area contributed by atoms with Crippen molar-refractivity contribution in [2.24, 2.45) is 0 Å². The zero-order valence-electron chi connectivity index (χ0n) is 12.0. The van der Waals surface area contributed by atoms with Crippen molar-refractivity contribution in [3.8, 4) is 16.9 Å². The third kappa shape index (κ3) is 2.68. The fraction of sp³-hybridized carbons (Fsp3) is 0.353. The van der Waals surface area contributed by atoms with Crippen molar-refractivity contribution in [3.63, 3.8) is 0 Å². The molecular weight excluding hydrogens is 248 g/mol. The van der Waals surface area contributed by atoms with E-state index in [0.29, 0.717) is 6.04 Å². The van der Waals surface area contributed by atoms with Gasteiger partial charge in [0.05, 0.1) is 6.61 Å². The zero-order valence-corrected chi connectivity index (χ0v) is 12.0. The molecule has 3 rings (SSSR count). The first kappa shape index (κ1) is 13.1. The van der Waals surface area contributed by atoms with Crippen molar-refractivity contribution < 1.29 is 4.74 Å². The van der Waals surface area contributed by atoms with Crippen LogP contribution in [0, 0.1) is 0 Å². The highest BCUT2D eigenvalue weighted by atomic mass is 16.5. The second-order valence-electron chi connectivity index (χ2n) is 5.51. The molecule has 0 unspecified atom stereocenters. The van der Waals surface area contributed by atoms with Crippen molar-refractivity contribution in [1.82, 2.24) is 10.3 Å². The van der Waals surface area contributed by atoms with Crippen molar-refractivity contribution in [1.29, 1.82) is 0 Å². The van der Waals surface area contributed by atoms with E-state index in [4.69, 9.17) is 4.74 Å². The lowest BCUT2D eigenvalue weighted by atomic mass is 10.0. The summed E-state index contributed by atoms with van der Waals surface area (Å²) in [5.41, 5.74) is 4.78. The summed E-state index contributed by atoms with van der Waals surface area (Å²) in [6.07, 6.45) is 4.84. The minimum Gasteiger partial charge on any atom is -0.492 e. The van der Waals surface area contributed by atoms with Crippen LogP contribution in [0.2, 0.25) is 0 Å². The summed E-state index contributed by atoms with van der Waals surface area (Å²) < 4.78 is 5.78. The van der Waals surface area contributed by atoms with E-state index in [9.17, 15) is 0 Å². The summed E-state index contributed by atoms with van der Waals surface area (Å²) in [4.78, 5) is 4.37. The molecule has 1 N–H and O–H groups in total. The van der Waals surface area contributed by atoms with Gasteiger partial charge in [-0.3, -0.25) is 4.98 Å². The predicted molar refractivity (Wildman–Crippen MR) is 80.8 cm³/mol. The molecule has 1 aromatic heterocycles. The SMILES string of the molecule is CC(C)NCc1cncc(-c2cccc3c2OCC3)c1. The Hall–Kier alpha value is -1.87. The Morgan fingerprint density at radius 1 is 1.30 bits per heavy atom. The number of aromatic nitrogens is 1. The second kappa shape index (κ2) is 5.63. The molecule has 0 amide bonds. The third-order valence-corrected chi connectivity index (χ3v) is 3.53. The number of fused-ring (bicyclic) bond motifs is 1. The van der Waals surface area contributed by atoms with Crippen LogP contribution in [0.15, 0.2) is 36.7 Å². The zero-order chi connectivity index (χ0) is 13.9. The molecule has 1 aromatic carbocycles. The number of hydrogen-bond donors (Lipinski definition) is 1. The maximum absolute atomic E-state index is 5.78. The second-order valence-corrected chi connectivity index (χ2v) is 5.51. The highest BCUT2D eigenvalue weighted by Crippen LogP contribution is 2.36. The molecule has 2 aromatic rings. The molecule has 20 heavy (non-hydrogen) atoms. The molecule has 104 valence electrons. The Bertz CT molecular complexity index is 608. The van der Waals surface area contributed by atoms with E-state index in [2.05, 4.69) is 48.4 Å². The molecule has 0 spiro atoms. The molecule has 2 heterocycles. The summed E-state index contributed by atoms with van der Waals surface area (Å²) in [5.74, 6) is 1.03. The summed E-state index contributed by atoms with van der Waals surface area (Å²) in [7, 11) is 0. The van der Waals surface area contributed by atoms with Gasteiger partial charge in [-0.2, -0.15) is 0 Å². The van der Waals surface area contributed by atoms with Crippen molar-refractivity contribution in [3.05, 3.63) is 47.8 Å². The van der Waals surface area contributed by atoms with Crippen molar-refractivity contribution >= 4 is 0 Å². The Morgan fingerprint density at radius 3 is 3.05 bits per heavy atom. The largest absolute Gasteiger partial charge is 0.492 e. The molecule has 1 aliphatic rings. The van der Waals surface area contributed by atoms with E-state index in [1.165, 1.54) is 11.1 Å². The van der Waals surface area contributed by atoms with E-state index in [1.807, 2.05) is 12.4 Å². The molecule has 0 atom stereocenters. The Balaban J connectivity index is 1.91. The van der Waals surface area contributed by atoms with Crippen LogP contribution in [0.25, 0.3) is 11.1 Å². The highest BCUT2D eigenvalue weighted by Gasteiger charge is 2.17. The fourth-order valence-electron chi connectivity index (χ4n) is 2.50. The van der Waals surface area contributed by atoms with Crippen LogP contribution in [-0.2, 0) is 13.0 Å². The van der Waals surface area contributed by atoms with Gasteiger partial charge in [0.2, 0.25) is 0 Å². The Kier molecular flexibility index (Phi) is 3.70. The van der Waals surface area contributed by atoms with Gasteiger partial charge in [-0.05, 0) is 17.2 Å². The van der Waals surface area contributed by atoms with Gasteiger partial charge < -0.3 is 10.1 Å². The topological polar surface area (TPSA) is 34.2 Å². The summed E-state index contributed by atoms with van der Waals surface area (Å²) in [5, 5.41) is 3.42. The van der Waals surface area contributed by atoms with E-state index in [0.717, 1.165) is 36.4 Å². The van der Waals surface area contributed by atoms with Gasteiger partial charge in [-0.15, -0.1) is 0 Å². The van der Waals surface area contributed by atoms with Crippen LogP contribution in [0.5, 0.6) is 5.75 Å². The summed E-state index contributed by atoms with van der Waals surface area (Å²) in [6.45, 7) is 5.92. The van der Waals surface area contributed by atoms with Gasteiger partial charge in [0, 0.05) is 42.5 Å². The number of ether oxygens (including phenoxy) is 1. The number of pyridine rings is 1. The maximum Gasteiger partial charge on any atom is 0.130 e. The average Bonchev–Trinajstić information content (AvgIpc) is 2.93. The molecule has 0 aliphatic carbocycles. The molecule has 3 nitrogen and oxygen atoms in total. The van der Waals surface area contributed by atoms with E-state index in [1.54, 1.807) is 0 Å². The van der Waals surface area contributed by atoms with Crippen LogP contribution in [0.1, 0.15) is 25.0 Å². The van der Waals surface area contributed by atoms with E-state index in [-0.39, 0.29) is 0 Å². The molecule has 0 fully saturated rings. The quantitative estimate of drug-likeness (QED) is 0.924. The maximum atomic E-state index is 5.78. The van der Waals surface area contributed by atoms with Crippen molar-refractivity contribution in [2.75, 3.05) is 6.61 Å². The number of benzene rings is 1. The number of nitrogens with one attached hydrogen (secondary N) is 1. The summed E-state index contributed by atoms with van der Waals surface area (Å²) in [6, 6.07) is 9.02. The van der Waals surface area contributed by atoms with Gasteiger partial charge in [-0.1, -0.05) is 32.0 Å². The smallest absolute Gasteiger partial charge is 0.130 e. The van der Waals surface area contributed by atoms with Gasteiger partial charge in [0.25, 0.3) is 0 Å². The Morgan fingerprint density at radius 2 is 2.20 bits per heavy atom. The minimum atomic E-state index is 0.475. The van der Waals surface area contributed by atoms with E-state index >= 15 is 0 Å². The fourth-order valence-corrected chi connectivity index (χ4v) is 2.50. The van der Waals surface area contributed by atoms with E-state index < -0.39 is 0 Å². The molecule has 3 heteroatoms. The first-order valence-corrected chi connectivity index (χ1v) is 7.16. The number of nitrogens with zero attached hydrogens (tertiary/aromatic N) is 1. The number of hydrogen-bond acceptors (Lipinski definition) is 3. The lowest BCUT2D eigenvalue weighted by Crippen LogP contribution is -2.21. The minimum absolute atomic E-state index is 0.475. The highest BCUT2D eigenvalue weighted by molar-refractivity contribution is 5.72. The molecule has 1 aliphatic heterocycles. The van der Waals surface area contributed by atoms with Crippen molar-refractivity contribution in [2.45, 2.75) is 32.9 Å². The lowest BCUT2D eigenvalue weighted by Gasteiger charge is -2.11. The summed E-state index contributed by atoms with van der Waals surface area (Å²) >= 11 is 0. The Labute approximate surface area is 120 Å². The van der Waals surface area contributed by atoms with Crippen LogP contribution in [0.4, 0.5) is 0 Å². The molecule has 0 saturated heterocycles. The molecule has 0 radical (unpaired) electrons. The monoisotopic (exact) mass is 268 g/mol. The lowest BCUT2D eigenvalue weighted by molar-refractivity contribution is 0.358. The van der Waals surface area contributed by atoms with Gasteiger partial charge in [-0.25, -0.2) is 0 Å². The van der Waals surface area contributed by atoms with Crippen LogP contribution >= 0.6 is 0 Å². The molecular formula is C17H20N2O. The normalized spacial score (nSPS) is 13.3. The predicted octanol–water partition coefficient (Wildman–Crippen LogP) is 3.18. The first-order valence-electron chi connectivity index (χ1n) is 7.16. The average molecular weight is 268 g/mol. The van der Waals surface area contributed by atoms with Gasteiger partial charge in [0.1, 0.15) is 5.75 Å². The molecule has 0 saturated carbocycles. The number of rotatable bonds is 4. The number of para-hydroxylation sites is 1. The van der Waals surface area contributed by atoms with Gasteiger partial charge >= 0.3 is 0 Å². The third-order valence-electron chi connectivity index (χ3n) is 3.53. The molecule has 0 bridgehead atoms. The first-order chi connectivity index (χ1) is 9.74. The van der Waals surface area contributed by atoms with Crippen LogP contribution in [-0.4, -0.2) is 17.6 Å². The standard InChI is InChI=1S/C17H20N2O/c1-12(2)19-10-13-8-15(11-18-9-13)16-5-3-4-14-6-7-20-17(14)16/h3-5,8-9,11-12,19H,6-7,10H2,1-2H3.